The summed E-state index contributed by atoms with van der Waals surface area (Å²) in [5.41, 5.74) is 1.80. The number of hydrogen-bond donors (Lipinski definition) is 0. The van der Waals surface area contributed by atoms with Crippen LogP contribution in [0, 0.1) is 0 Å². The highest BCUT2D eigenvalue weighted by Crippen LogP contribution is 2.55. The van der Waals surface area contributed by atoms with Crippen LogP contribution in [0.1, 0.15) is 82.4 Å². The van der Waals surface area contributed by atoms with Crippen molar-refractivity contribution in [3.63, 3.8) is 0 Å². The van der Waals surface area contributed by atoms with E-state index in [0.717, 1.165) is 37.7 Å². The number of para-hydroxylation sites is 1. The molecule has 2 aromatic rings. The van der Waals surface area contributed by atoms with Gasteiger partial charge < -0.3 is 9.47 Å². The molecule has 34 heavy (non-hydrogen) atoms. The Morgan fingerprint density at radius 1 is 1.24 bits per heavy atom. The lowest BCUT2D eigenvalue weighted by atomic mass is 9.73. The summed E-state index contributed by atoms with van der Waals surface area (Å²) < 4.78 is 41.1. The van der Waals surface area contributed by atoms with Crippen LogP contribution < -0.4 is 13.8 Å². The highest BCUT2D eigenvalue weighted by Gasteiger charge is 2.49. The van der Waals surface area contributed by atoms with Gasteiger partial charge >= 0.3 is 0 Å². The molecular weight excluding hydrogens is 493 g/mol. The Hall–Kier alpha value is -1.63. The fourth-order valence-electron chi connectivity index (χ4n) is 4.97. The Kier molecular flexibility index (Phi) is 7.33. The fourth-order valence-corrected chi connectivity index (χ4v) is 6.67. The number of unbranched alkanes of at least 4 members (excludes halogenated alkanes) is 1. The first-order valence-corrected chi connectivity index (χ1v) is 14.6. The molecule has 0 N–H and O–H groups in total. The lowest BCUT2D eigenvalue weighted by Gasteiger charge is -2.50. The lowest BCUT2D eigenvalue weighted by Crippen LogP contribution is -2.51. The third-order valence-electron chi connectivity index (χ3n) is 6.81. The summed E-state index contributed by atoms with van der Waals surface area (Å²) in [6.45, 7) is 6.80. The highest BCUT2D eigenvalue weighted by molar-refractivity contribution is 7.92. The molecule has 1 unspecified atom stereocenters. The van der Waals surface area contributed by atoms with Crippen LogP contribution in [-0.4, -0.2) is 26.9 Å². The summed E-state index contributed by atoms with van der Waals surface area (Å²) in [6.07, 6.45) is 6.43. The van der Waals surface area contributed by atoms with Crippen LogP contribution in [0.5, 0.6) is 11.5 Å². The number of halogens is 2. The Bertz CT molecular complexity index is 1160. The minimum atomic E-state index is -3.70. The molecule has 0 saturated heterocycles. The van der Waals surface area contributed by atoms with E-state index in [0.29, 0.717) is 45.8 Å². The summed E-state index contributed by atoms with van der Waals surface area (Å²) in [5, 5.41) is 0.855. The van der Waals surface area contributed by atoms with E-state index in [1.807, 2.05) is 18.2 Å². The van der Waals surface area contributed by atoms with E-state index in [4.69, 9.17) is 32.7 Å². The molecule has 0 radical (unpaired) electrons. The van der Waals surface area contributed by atoms with E-state index in [1.165, 1.54) is 10.6 Å². The highest BCUT2D eigenvalue weighted by atomic mass is 35.5. The van der Waals surface area contributed by atoms with Crippen LogP contribution in [0.3, 0.4) is 0 Å². The molecule has 1 saturated carbocycles. The van der Waals surface area contributed by atoms with E-state index in [9.17, 15) is 8.42 Å². The van der Waals surface area contributed by atoms with Crippen molar-refractivity contribution < 1.29 is 17.9 Å². The molecule has 2 aliphatic rings. The molecule has 2 aromatic carbocycles. The SMILES string of the molecule is CCCCOc1c(C(C)C)cccc1N(C1CC2(CCC2)Oc2c(Cl)cc(Cl)cc21)S(C)(=O)=O. The molecule has 0 aromatic heterocycles. The third kappa shape index (κ3) is 4.87. The molecule has 1 aliphatic carbocycles. The van der Waals surface area contributed by atoms with Crippen LogP contribution in [0.15, 0.2) is 30.3 Å². The van der Waals surface area contributed by atoms with Crippen molar-refractivity contribution in [2.75, 3.05) is 17.2 Å². The maximum absolute atomic E-state index is 13.5. The molecule has 4 rings (SSSR count). The van der Waals surface area contributed by atoms with Gasteiger partial charge in [0.05, 0.1) is 29.6 Å². The van der Waals surface area contributed by atoms with E-state index >= 15 is 0 Å². The molecule has 1 fully saturated rings. The summed E-state index contributed by atoms with van der Waals surface area (Å²) >= 11 is 12.9. The smallest absolute Gasteiger partial charge is 0.232 e. The number of sulfonamides is 1. The van der Waals surface area contributed by atoms with Gasteiger partial charge in [0, 0.05) is 17.0 Å². The van der Waals surface area contributed by atoms with Crippen molar-refractivity contribution in [3.8, 4) is 11.5 Å². The fraction of sp³-hybridized carbons (Fsp3) is 0.538. The second-order valence-electron chi connectivity index (χ2n) is 9.78. The molecule has 186 valence electrons. The zero-order valence-electron chi connectivity index (χ0n) is 20.2. The van der Waals surface area contributed by atoms with Crippen molar-refractivity contribution in [3.05, 3.63) is 51.5 Å². The molecule has 1 aliphatic heterocycles. The first-order valence-electron chi connectivity index (χ1n) is 12.0. The minimum Gasteiger partial charge on any atom is -0.491 e. The number of rotatable bonds is 8. The molecule has 0 amide bonds. The summed E-state index contributed by atoms with van der Waals surface area (Å²) in [5.74, 6) is 1.33. The quantitative estimate of drug-likeness (QED) is 0.334. The predicted octanol–water partition coefficient (Wildman–Crippen LogP) is 7.51. The van der Waals surface area contributed by atoms with E-state index < -0.39 is 21.7 Å². The number of anilines is 1. The van der Waals surface area contributed by atoms with E-state index in [-0.39, 0.29) is 5.92 Å². The van der Waals surface area contributed by atoms with Gasteiger partial charge in [-0.2, -0.15) is 0 Å². The minimum absolute atomic E-state index is 0.168. The summed E-state index contributed by atoms with van der Waals surface area (Å²) in [4.78, 5) is 0. The van der Waals surface area contributed by atoms with Crippen molar-refractivity contribution >= 4 is 38.9 Å². The Morgan fingerprint density at radius 2 is 1.97 bits per heavy atom. The van der Waals surface area contributed by atoms with Crippen LogP contribution in [0.25, 0.3) is 0 Å². The topological polar surface area (TPSA) is 55.8 Å². The molecule has 1 heterocycles. The number of nitrogens with zero attached hydrogens (tertiary/aromatic N) is 1. The predicted molar refractivity (Wildman–Crippen MR) is 139 cm³/mol. The zero-order valence-corrected chi connectivity index (χ0v) is 22.6. The lowest BCUT2D eigenvalue weighted by molar-refractivity contribution is -0.0323. The second kappa shape index (κ2) is 9.79. The number of fused-ring (bicyclic) bond motifs is 1. The van der Waals surface area contributed by atoms with Gasteiger partial charge in [0.15, 0.2) is 0 Å². The van der Waals surface area contributed by atoms with Gasteiger partial charge in [-0.05, 0) is 55.4 Å². The van der Waals surface area contributed by atoms with Gasteiger partial charge in [-0.1, -0.05) is 62.5 Å². The van der Waals surface area contributed by atoms with Gasteiger partial charge in [-0.25, -0.2) is 8.42 Å². The standard InChI is InChI=1S/C26H33Cl2NO4S/c1-5-6-13-32-25-19(17(2)3)9-7-10-22(25)29(34(4,30)31)23-16-26(11-8-12-26)33-24-20(23)14-18(27)15-21(24)28/h7,9-10,14-15,17,23H,5-6,8,11-13,16H2,1-4H3. The number of ether oxygens (including phenoxy) is 2. The maximum atomic E-state index is 13.5. The normalized spacial score (nSPS) is 18.9. The van der Waals surface area contributed by atoms with Crippen molar-refractivity contribution in [2.45, 2.75) is 76.9 Å². The summed E-state index contributed by atoms with van der Waals surface area (Å²) in [7, 11) is -3.70. The van der Waals surface area contributed by atoms with Gasteiger partial charge in [-0.3, -0.25) is 4.31 Å². The molecular formula is C26H33Cl2NO4S. The van der Waals surface area contributed by atoms with Crippen LogP contribution in [-0.2, 0) is 10.0 Å². The zero-order chi connectivity index (χ0) is 24.7. The van der Waals surface area contributed by atoms with Gasteiger partial charge in [0.25, 0.3) is 0 Å². The van der Waals surface area contributed by atoms with E-state index in [1.54, 1.807) is 12.1 Å². The third-order valence-corrected chi connectivity index (χ3v) is 8.48. The largest absolute Gasteiger partial charge is 0.491 e. The Morgan fingerprint density at radius 3 is 2.56 bits per heavy atom. The first-order chi connectivity index (χ1) is 16.1. The molecule has 1 atom stereocenters. The van der Waals surface area contributed by atoms with Crippen molar-refractivity contribution in [1.29, 1.82) is 0 Å². The van der Waals surface area contributed by atoms with Crippen molar-refractivity contribution in [1.82, 2.24) is 0 Å². The molecule has 5 nitrogen and oxygen atoms in total. The molecule has 1 spiro atoms. The van der Waals surface area contributed by atoms with Gasteiger partial charge in [-0.15, -0.1) is 0 Å². The van der Waals surface area contributed by atoms with Crippen molar-refractivity contribution in [2.24, 2.45) is 0 Å². The average molecular weight is 527 g/mol. The summed E-state index contributed by atoms with van der Waals surface area (Å²) in [6, 6.07) is 8.67. The average Bonchev–Trinajstić information content (AvgIpc) is 2.73. The molecule has 8 heteroatoms. The van der Waals surface area contributed by atoms with Crippen LogP contribution in [0.4, 0.5) is 5.69 Å². The monoisotopic (exact) mass is 525 g/mol. The van der Waals surface area contributed by atoms with Crippen LogP contribution >= 0.6 is 23.2 Å². The number of benzene rings is 2. The molecule has 0 bridgehead atoms. The number of hydrogen-bond acceptors (Lipinski definition) is 4. The Labute approximate surface area is 213 Å². The second-order valence-corrected chi connectivity index (χ2v) is 12.5. The van der Waals surface area contributed by atoms with E-state index in [2.05, 4.69) is 20.8 Å². The van der Waals surface area contributed by atoms with Gasteiger partial charge in [0.2, 0.25) is 10.0 Å². The Balaban J connectivity index is 1.92. The maximum Gasteiger partial charge on any atom is 0.232 e. The first kappa shape index (κ1) is 25.5. The van der Waals surface area contributed by atoms with Gasteiger partial charge in [0.1, 0.15) is 17.1 Å². The van der Waals surface area contributed by atoms with Crippen LogP contribution in [0.2, 0.25) is 10.0 Å².